The van der Waals surface area contributed by atoms with Crippen molar-refractivity contribution in [1.82, 2.24) is 5.16 Å². The van der Waals surface area contributed by atoms with Crippen molar-refractivity contribution in [2.75, 3.05) is 6.54 Å². The summed E-state index contributed by atoms with van der Waals surface area (Å²) in [6.45, 7) is 0.513. The highest BCUT2D eigenvalue weighted by Gasteiger charge is 2.07. The largest absolute Gasteiger partial charge is 0.356 e. The Morgan fingerprint density at radius 3 is 3.08 bits per heavy atom. The van der Waals surface area contributed by atoms with Gasteiger partial charge < -0.3 is 10.3 Å². The van der Waals surface area contributed by atoms with Crippen LogP contribution < -0.4 is 5.73 Å². The van der Waals surface area contributed by atoms with Crippen LogP contribution in [-0.2, 0) is 6.42 Å². The number of hydrogen-bond acceptors (Lipinski definition) is 3. The minimum Gasteiger partial charge on any atom is -0.356 e. The minimum atomic E-state index is -0.317. The van der Waals surface area contributed by atoms with Crippen LogP contribution in [0.4, 0.5) is 4.39 Å². The van der Waals surface area contributed by atoms with Crippen molar-refractivity contribution < 1.29 is 8.91 Å². The minimum absolute atomic E-state index is 0.317. The first-order chi connectivity index (χ1) is 6.31. The van der Waals surface area contributed by atoms with E-state index in [1.54, 1.807) is 6.07 Å². The smallest absolute Gasteiger partial charge is 0.170 e. The first kappa shape index (κ1) is 8.19. The molecule has 0 spiro atoms. The van der Waals surface area contributed by atoms with Crippen molar-refractivity contribution in [3.05, 3.63) is 29.7 Å². The Balaban J connectivity index is 2.55. The van der Waals surface area contributed by atoms with Gasteiger partial charge in [0.15, 0.2) is 5.58 Å². The van der Waals surface area contributed by atoms with Gasteiger partial charge >= 0.3 is 0 Å². The molecule has 2 aromatic rings. The molecule has 0 fully saturated rings. The fourth-order valence-corrected chi connectivity index (χ4v) is 1.28. The van der Waals surface area contributed by atoms with Gasteiger partial charge in [0.25, 0.3) is 0 Å². The molecule has 68 valence electrons. The van der Waals surface area contributed by atoms with E-state index in [0.717, 1.165) is 11.1 Å². The van der Waals surface area contributed by atoms with Crippen molar-refractivity contribution in [3.8, 4) is 0 Å². The van der Waals surface area contributed by atoms with E-state index < -0.39 is 0 Å². The maximum atomic E-state index is 12.7. The third-order valence-electron chi connectivity index (χ3n) is 1.89. The van der Waals surface area contributed by atoms with Crippen LogP contribution in [0.5, 0.6) is 0 Å². The lowest BCUT2D eigenvalue weighted by Crippen LogP contribution is -2.02. The van der Waals surface area contributed by atoms with Gasteiger partial charge in [0, 0.05) is 17.9 Å². The number of nitrogens with zero attached hydrogens (tertiary/aromatic N) is 1. The van der Waals surface area contributed by atoms with Gasteiger partial charge in [-0.2, -0.15) is 0 Å². The fraction of sp³-hybridized carbons (Fsp3) is 0.222. The Hall–Kier alpha value is -1.42. The second-order valence-electron chi connectivity index (χ2n) is 2.81. The first-order valence-electron chi connectivity index (χ1n) is 4.05. The van der Waals surface area contributed by atoms with Gasteiger partial charge in [0.1, 0.15) is 5.82 Å². The van der Waals surface area contributed by atoms with Crippen molar-refractivity contribution in [2.45, 2.75) is 6.42 Å². The highest BCUT2D eigenvalue weighted by atomic mass is 19.1. The van der Waals surface area contributed by atoms with Crippen molar-refractivity contribution >= 4 is 11.0 Å². The summed E-state index contributed by atoms with van der Waals surface area (Å²) in [6.07, 6.45) is 0.651. The maximum Gasteiger partial charge on any atom is 0.170 e. The van der Waals surface area contributed by atoms with Crippen LogP contribution in [0.1, 0.15) is 5.69 Å². The quantitative estimate of drug-likeness (QED) is 0.761. The molecule has 0 atom stereocenters. The number of hydrogen-bond donors (Lipinski definition) is 1. The van der Waals surface area contributed by atoms with E-state index in [1.807, 2.05) is 0 Å². The van der Waals surface area contributed by atoms with Gasteiger partial charge in [-0.05, 0) is 18.7 Å². The summed E-state index contributed by atoms with van der Waals surface area (Å²) >= 11 is 0. The number of benzene rings is 1. The van der Waals surface area contributed by atoms with Crippen LogP contribution in [0.15, 0.2) is 22.7 Å². The van der Waals surface area contributed by atoms with E-state index in [0.29, 0.717) is 18.5 Å². The zero-order valence-corrected chi connectivity index (χ0v) is 6.96. The molecule has 2 N–H and O–H groups in total. The molecule has 13 heavy (non-hydrogen) atoms. The van der Waals surface area contributed by atoms with E-state index in [-0.39, 0.29) is 5.82 Å². The van der Waals surface area contributed by atoms with E-state index in [1.165, 1.54) is 12.1 Å². The molecule has 0 unspecified atom stereocenters. The molecule has 0 aliphatic carbocycles. The Kier molecular flexibility index (Phi) is 1.98. The molecule has 1 heterocycles. The normalized spacial score (nSPS) is 10.9. The summed E-state index contributed by atoms with van der Waals surface area (Å²) in [5.41, 5.74) is 6.65. The maximum absolute atomic E-state index is 12.7. The van der Waals surface area contributed by atoms with Gasteiger partial charge in [-0.3, -0.25) is 0 Å². The Morgan fingerprint density at radius 2 is 2.31 bits per heavy atom. The molecular weight excluding hydrogens is 171 g/mol. The monoisotopic (exact) mass is 180 g/mol. The number of nitrogens with two attached hydrogens (primary N) is 1. The molecule has 3 nitrogen and oxygen atoms in total. The van der Waals surface area contributed by atoms with Crippen LogP contribution >= 0.6 is 0 Å². The summed E-state index contributed by atoms with van der Waals surface area (Å²) in [5.74, 6) is -0.317. The fourth-order valence-electron chi connectivity index (χ4n) is 1.28. The summed E-state index contributed by atoms with van der Waals surface area (Å²) in [5, 5.41) is 4.64. The van der Waals surface area contributed by atoms with Crippen LogP contribution in [0.3, 0.4) is 0 Å². The van der Waals surface area contributed by atoms with Gasteiger partial charge in [-0.1, -0.05) is 5.16 Å². The number of halogens is 1. The summed E-state index contributed by atoms with van der Waals surface area (Å²) < 4.78 is 17.7. The van der Waals surface area contributed by atoms with Gasteiger partial charge in [-0.15, -0.1) is 0 Å². The van der Waals surface area contributed by atoms with E-state index in [4.69, 9.17) is 10.3 Å². The van der Waals surface area contributed by atoms with Crippen molar-refractivity contribution in [1.29, 1.82) is 0 Å². The lowest BCUT2D eigenvalue weighted by atomic mass is 10.2. The second kappa shape index (κ2) is 3.14. The zero-order valence-electron chi connectivity index (χ0n) is 6.96. The SMILES string of the molecule is NCCc1noc2cc(F)ccc12. The Bertz CT molecular complexity index is 424. The van der Waals surface area contributed by atoms with E-state index >= 15 is 0 Å². The Labute approximate surface area is 74.3 Å². The molecule has 1 aromatic carbocycles. The van der Waals surface area contributed by atoms with Gasteiger partial charge in [0.2, 0.25) is 0 Å². The molecule has 0 radical (unpaired) electrons. The lowest BCUT2D eigenvalue weighted by molar-refractivity contribution is 0.445. The standard InChI is InChI=1S/C9H9FN2O/c10-6-1-2-7-8(3-4-11)12-13-9(7)5-6/h1-2,5H,3-4,11H2. The predicted molar refractivity (Wildman–Crippen MR) is 46.7 cm³/mol. The molecule has 0 amide bonds. The third-order valence-corrected chi connectivity index (χ3v) is 1.89. The van der Waals surface area contributed by atoms with Crippen molar-refractivity contribution in [3.63, 3.8) is 0 Å². The first-order valence-corrected chi connectivity index (χ1v) is 4.05. The molecule has 0 aliphatic rings. The number of fused-ring (bicyclic) bond motifs is 1. The molecule has 0 saturated carbocycles. The van der Waals surface area contributed by atoms with Crippen LogP contribution in [0.2, 0.25) is 0 Å². The van der Waals surface area contributed by atoms with Gasteiger partial charge in [0.05, 0.1) is 5.69 Å². The highest BCUT2D eigenvalue weighted by molar-refractivity contribution is 5.79. The highest BCUT2D eigenvalue weighted by Crippen LogP contribution is 2.19. The van der Waals surface area contributed by atoms with Crippen LogP contribution in [-0.4, -0.2) is 11.7 Å². The topological polar surface area (TPSA) is 52.0 Å². The Morgan fingerprint density at radius 1 is 1.46 bits per heavy atom. The molecule has 4 heteroatoms. The molecular formula is C9H9FN2O. The van der Waals surface area contributed by atoms with E-state index in [9.17, 15) is 4.39 Å². The summed E-state index contributed by atoms with van der Waals surface area (Å²) in [7, 11) is 0. The molecule has 0 aliphatic heterocycles. The lowest BCUT2D eigenvalue weighted by Gasteiger charge is -1.90. The predicted octanol–water partition coefficient (Wildman–Crippen LogP) is 1.47. The molecule has 2 rings (SSSR count). The van der Waals surface area contributed by atoms with Crippen LogP contribution in [0, 0.1) is 5.82 Å². The molecule has 1 aromatic heterocycles. The molecule has 0 saturated heterocycles. The van der Waals surface area contributed by atoms with Crippen molar-refractivity contribution in [2.24, 2.45) is 5.73 Å². The average molecular weight is 180 g/mol. The van der Waals surface area contributed by atoms with Gasteiger partial charge in [-0.25, -0.2) is 4.39 Å². The zero-order chi connectivity index (χ0) is 9.26. The second-order valence-corrected chi connectivity index (χ2v) is 2.81. The van der Waals surface area contributed by atoms with E-state index in [2.05, 4.69) is 5.16 Å². The average Bonchev–Trinajstić information content (AvgIpc) is 2.49. The van der Waals surface area contributed by atoms with Crippen LogP contribution in [0.25, 0.3) is 11.0 Å². The number of rotatable bonds is 2. The third kappa shape index (κ3) is 1.40. The summed E-state index contributed by atoms with van der Waals surface area (Å²) in [4.78, 5) is 0. The summed E-state index contributed by atoms with van der Waals surface area (Å²) in [6, 6.07) is 4.37. The number of aromatic nitrogens is 1. The molecule has 0 bridgehead atoms.